The van der Waals surface area contributed by atoms with Gasteiger partial charge in [0.05, 0.1) is 0 Å². The van der Waals surface area contributed by atoms with Crippen molar-refractivity contribution in [1.29, 1.82) is 0 Å². The molecule has 0 saturated carbocycles. The summed E-state index contributed by atoms with van der Waals surface area (Å²) >= 11 is 1.15. The Hall–Kier alpha value is -2.02. The Morgan fingerprint density at radius 1 is 1.16 bits per heavy atom. The largest absolute Gasteiger partial charge is 0.444 e. The second-order valence-electron chi connectivity index (χ2n) is 6.52. The molecule has 2 N–H and O–H groups in total. The number of hydrogen-bond donors (Lipinski definition) is 2. The number of thioether (sulfide) groups is 1. The molecule has 0 spiro atoms. The fourth-order valence-corrected chi connectivity index (χ4v) is 2.49. The number of carbonyl (C=O) groups is 3. The van der Waals surface area contributed by atoms with Crippen molar-refractivity contribution in [3.8, 4) is 0 Å². The van der Waals surface area contributed by atoms with Crippen LogP contribution in [0.1, 0.15) is 33.3 Å². The van der Waals surface area contributed by atoms with Gasteiger partial charge in [-0.15, -0.1) is 0 Å². The molecule has 0 unspecified atom stereocenters. The zero-order valence-electron chi connectivity index (χ0n) is 15.1. The lowest BCUT2D eigenvalue weighted by Crippen LogP contribution is -2.49. The third-order valence-corrected chi connectivity index (χ3v) is 3.81. The standard InChI is InChI=1S/C18H26N2O4S/c1-13(21)25-11-10-19-16(22)15(12-14-8-6-5-7-9-14)20-17(23)24-18(2,3)4/h5-9,15H,10-12H2,1-4H3,(H,19,22)(H,20,23)/t15-/m0/s1. The number of amides is 2. The second kappa shape index (κ2) is 10.1. The van der Waals surface area contributed by atoms with E-state index in [1.165, 1.54) is 6.92 Å². The molecular weight excluding hydrogens is 340 g/mol. The minimum atomic E-state index is -0.750. The molecule has 1 aromatic carbocycles. The molecule has 0 fully saturated rings. The first-order valence-corrected chi connectivity index (χ1v) is 9.10. The number of ether oxygens (including phenoxy) is 1. The molecule has 0 aliphatic carbocycles. The van der Waals surface area contributed by atoms with Crippen molar-refractivity contribution >= 4 is 28.9 Å². The first kappa shape index (κ1) is 21.0. The van der Waals surface area contributed by atoms with Crippen molar-refractivity contribution in [2.75, 3.05) is 12.3 Å². The van der Waals surface area contributed by atoms with Gasteiger partial charge in [0.2, 0.25) is 5.91 Å². The first-order chi connectivity index (χ1) is 11.7. The highest BCUT2D eigenvalue weighted by molar-refractivity contribution is 8.13. The van der Waals surface area contributed by atoms with Gasteiger partial charge in [0.1, 0.15) is 11.6 Å². The van der Waals surface area contributed by atoms with E-state index in [1.54, 1.807) is 20.8 Å². The third-order valence-electron chi connectivity index (χ3n) is 3.00. The highest BCUT2D eigenvalue weighted by Crippen LogP contribution is 2.09. The Labute approximate surface area is 153 Å². The number of hydrogen-bond acceptors (Lipinski definition) is 5. The monoisotopic (exact) mass is 366 g/mol. The average molecular weight is 366 g/mol. The van der Waals surface area contributed by atoms with E-state index in [0.29, 0.717) is 18.7 Å². The van der Waals surface area contributed by atoms with Gasteiger partial charge in [-0.3, -0.25) is 9.59 Å². The van der Waals surface area contributed by atoms with E-state index in [0.717, 1.165) is 17.3 Å². The molecule has 0 saturated heterocycles. The van der Waals surface area contributed by atoms with Crippen LogP contribution in [-0.2, 0) is 20.7 Å². The molecular formula is C18H26N2O4S. The van der Waals surface area contributed by atoms with Gasteiger partial charge in [0.25, 0.3) is 0 Å². The summed E-state index contributed by atoms with van der Waals surface area (Å²) in [4.78, 5) is 35.4. The minimum absolute atomic E-state index is 0.00182. The van der Waals surface area contributed by atoms with E-state index in [9.17, 15) is 14.4 Å². The van der Waals surface area contributed by atoms with Crippen molar-refractivity contribution in [1.82, 2.24) is 10.6 Å². The molecule has 6 nitrogen and oxygen atoms in total. The van der Waals surface area contributed by atoms with Gasteiger partial charge in [0, 0.05) is 25.6 Å². The van der Waals surface area contributed by atoms with Crippen molar-refractivity contribution in [3.05, 3.63) is 35.9 Å². The van der Waals surface area contributed by atoms with Crippen LogP contribution in [0, 0.1) is 0 Å². The van der Waals surface area contributed by atoms with Gasteiger partial charge in [-0.25, -0.2) is 4.79 Å². The predicted molar refractivity (Wildman–Crippen MR) is 99.5 cm³/mol. The van der Waals surface area contributed by atoms with E-state index in [2.05, 4.69) is 10.6 Å². The zero-order valence-corrected chi connectivity index (χ0v) is 15.9. The van der Waals surface area contributed by atoms with Gasteiger partial charge in [0.15, 0.2) is 5.12 Å². The maximum atomic E-state index is 12.4. The Kier molecular flexibility index (Phi) is 8.48. The van der Waals surface area contributed by atoms with Crippen LogP contribution in [-0.4, -0.2) is 41.1 Å². The van der Waals surface area contributed by atoms with Gasteiger partial charge in [-0.05, 0) is 26.3 Å². The quantitative estimate of drug-likeness (QED) is 0.725. The van der Waals surface area contributed by atoms with Crippen LogP contribution in [0.3, 0.4) is 0 Å². The van der Waals surface area contributed by atoms with E-state index in [-0.39, 0.29) is 11.0 Å². The van der Waals surface area contributed by atoms with Gasteiger partial charge >= 0.3 is 6.09 Å². The first-order valence-electron chi connectivity index (χ1n) is 8.12. The van der Waals surface area contributed by atoms with Crippen LogP contribution in [0.15, 0.2) is 30.3 Å². The van der Waals surface area contributed by atoms with Crippen molar-refractivity contribution in [2.24, 2.45) is 0 Å². The number of carbonyl (C=O) groups excluding carboxylic acids is 3. The molecule has 1 aromatic rings. The summed E-state index contributed by atoms with van der Waals surface area (Å²) in [6.07, 6.45) is -0.284. The van der Waals surface area contributed by atoms with Crippen LogP contribution < -0.4 is 10.6 Å². The van der Waals surface area contributed by atoms with Gasteiger partial charge in [-0.1, -0.05) is 42.1 Å². The molecule has 1 atom stereocenters. The van der Waals surface area contributed by atoms with E-state index < -0.39 is 17.7 Å². The van der Waals surface area contributed by atoms with Gasteiger partial charge in [-0.2, -0.15) is 0 Å². The maximum absolute atomic E-state index is 12.4. The molecule has 2 amide bonds. The number of nitrogens with one attached hydrogen (secondary N) is 2. The fourth-order valence-electron chi connectivity index (χ4n) is 2.00. The highest BCUT2D eigenvalue weighted by Gasteiger charge is 2.24. The molecule has 0 radical (unpaired) electrons. The number of benzene rings is 1. The molecule has 25 heavy (non-hydrogen) atoms. The lowest BCUT2D eigenvalue weighted by atomic mass is 10.1. The van der Waals surface area contributed by atoms with E-state index in [1.807, 2.05) is 30.3 Å². The van der Waals surface area contributed by atoms with Crippen LogP contribution >= 0.6 is 11.8 Å². The summed E-state index contributed by atoms with van der Waals surface area (Å²) in [6.45, 7) is 7.12. The topological polar surface area (TPSA) is 84.5 Å². The minimum Gasteiger partial charge on any atom is -0.444 e. The Morgan fingerprint density at radius 2 is 1.80 bits per heavy atom. The summed E-state index contributed by atoms with van der Waals surface area (Å²) < 4.78 is 5.23. The van der Waals surface area contributed by atoms with Crippen LogP contribution in [0.4, 0.5) is 4.79 Å². The molecule has 0 aliphatic rings. The smallest absolute Gasteiger partial charge is 0.408 e. The zero-order chi connectivity index (χ0) is 18.9. The lowest BCUT2D eigenvalue weighted by molar-refractivity contribution is -0.123. The number of rotatable bonds is 7. The van der Waals surface area contributed by atoms with Crippen molar-refractivity contribution < 1.29 is 19.1 Å². The Bertz CT molecular complexity index is 584. The van der Waals surface area contributed by atoms with Gasteiger partial charge < -0.3 is 15.4 Å². The molecule has 1 rings (SSSR count). The Morgan fingerprint density at radius 3 is 2.36 bits per heavy atom. The average Bonchev–Trinajstić information content (AvgIpc) is 2.49. The SMILES string of the molecule is CC(=O)SCCNC(=O)[C@H](Cc1ccccc1)NC(=O)OC(C)(C)C. The summed E-state index contributed by atoms with van der Waals surface area (Å²) in [5.74, 6) is 0.185. The van der Waals surface area contributed by atoms with Crippen LogP contribution in [0.2, 0.25) is 0 Å². The van der Waals surface area contributed by atoms with E-state index >= 15 is 0 Å². The maximum Gasteiger partial charge on any atom is 0.408 e. The predicted octanol–water partition coefficient (Wildman–Crippen LogP) is 2.52. The van der Waals surface area contributed by atoms with E-state index in [4.69, 9.17) is 4.74 Å². The molecule has 0 heterocycles. The van der Waals surface area contributed by atoms with Crippen LogP contribution in [0.25, 0.3) is 0 Å². The fraction of sp³-hybridized carbons (Fsp3) is 0.500. The van der Waals surface area contributed by atoms with Crippen molar-refractivity contribution in [2.45, 2.75) is 45.8 Å². The normalized spacial score (nSPS) is 12.2. The van der Waals surface area contributed by atoms with Crippen LogP contribution in [0.5, 0.6) is 0 Å². The van der Waals surface area contributed by atoms with Crippen molar-refractivity contribution in [3.63, 3.8) is 0 Å². The molecule has 138 valence electrons. The summed E-state index contributed by atoms with van der Waals surface area (Å²) in [5.41, 5.74) is 0.285. The lowest BCUT2D eigenvalue weighted by Gasteiger charge is -2.23. The number of alkyl carbamates (subject to hydrolysis) is 1. The highest BCUT2D eigenvalue weighted by atomic mass is 32.2. The summed E-state index contributed by atoms with van der Waals surface area (Å²) in [7, 11) is 0. The third kappa shape index (κ3) is 9.76. The second-order valence-corrected chi connectivity index (χ2v) is 7.79. The summed E-state index contributed by atoms with van der Waals surface area (Å²) in [5, 5.41) is 5.37. The molecule has 0 aliphatic heterocycles. The molecule has 0 bridgehead atoms. The molecule has 0 aromatic heterocycles. The Balaban J connectivity index is 2.68. The molecule has 7 heteroatoms. The summed E-state index contributed by atoms with van der Waals surface area (Å²) in [6, 6.07) is 8.67.